The number of hydrogen-bond donors (Lipinski definition) is 2. The molecule has 0 saturated carbocycles. The van der Waals surface area contributed by atoms with Crippen LogP contribution in [-0.4, -0.2) is 23.6 Å². The van der Waals surface area contributed by atoms with Crippen LogP contribution < -0.4 is 10.6 Å². The van der Waals surface area contributed by atoms with Crippen molar-refractivity contribution in [3.63, 3.8) is 0 Å². The second-order valence-electron chi connectivity index (χ2n) is 3.27. The maximum Gasteiger partial charge on any atom is 0.242 e. The summed E-state index contributed by atoms with van der Waals surface area (Å²) in [4.78, 5) is 11.7. The molecule has 2 rings (SSSR count). The maximum atomic E-state index is 11.7. The highest BCUT2D eigenvalue weighted by atomic mass is 35.5. The first-order valence-corrected chi connectivity index (χ1v) is 6.16. The van der Waals surface area contributed by atoms with Crippen molar-refractivity contribution in [1.82, 2.24) is 5.32 Å². The number of carbonyl (C=O) groups is 1. The third kappa shape index (κ3) is 3.56. The molecule has 1 fully saturated rings. The van der Waals surface area contributed by atoms with Gasteiger partial charge in [0.15, 0.2) is 0 Å². The van der Waals surface area contributed by atoms with E-state index in [-0.39, 0.29) is 24.4 Å². The van der Waals surface area contributed by atoms with Crippen molar-refractivity contribution in [3.8, 4) is 0 Å². The van der Waals surface area contributed by atoms with Crippen LogP contribution >= 0.6 is 35.8 Å². The van der Waals surface area contributed by atoms with Gasteiger partial charge in [-0.3, -0.25) is 10.1 Å². The van der Waals surface area contributed by atoms with E-state index in [0.717, 1.165) is 17.3 Å². The van der Waals surface area contributed by atoms with Gasteiger partial charge in [-0.1, -0.05) is 11.6 Å². The molecule has 1 atom stereocenters. The lowest BCUT2D eigenvalue weighted by Crippen LogP contribution is -2.37. The number of anilines is 1. The van der Waals surface area contributed by atoms with Crippen LogP contribution in [0, 0.1) is 0 Å². The van der Waals surface area contributed by atoms with E-state index in [1.807, 2.05) is 0 Å². The van der Waals surface area contributed by atoms with Crippen LogP contribution in [0.2, 0.25) is 5.02 Å². The summed E-state index contributed by atoms with van der Waals surface area (Å²) >= 11 is 7.48. The van der Waals surface area contributed by atoms with Gasteiger partial charge < -0.3 is 5.32 Å². The second kappa shape index (κ2) is 6.35. The predicted molar refractivity (Wildman–Crippen MR) is 71.6 cm³/mol. The summed E-state index contributed by atoms with van der Waals surface area (Å²) in [6.07, 6.45) is 0. The van der Waals surface area contributed by atoms with Crippen LogP contribution in [0.5, 0.6) is 0 Å². The molecule has 16 heavy (non-hydrogen) atoms. The first-order valence-electron chi connectivity index (χ1n) is 4.63. The molecule has 0 radical (unpaired) electrons. The molecule has 88 valence electrons. The molecule has 0 aliphatic carbocycles. The molecule has 0 bridgehead atoms. The quantitative estimate of drug-likeness (QED) is 0.873. The summed E-state index contributed by atoms with van der Waals surface area (Å²) in [5, 5.41) is 6.62. The normalized spacial score (nSPS) is 18.9. The van der Waals surface area contributed by atoms with E-state index in [1.165, 1.54) is 0 Å². The largest absolute Gasteiger partial charge is 0.325 e. The molecule has 1 saturated heterocycles. The van der Waals surface area contributed by atoms with Gasteiger partial charge in [-0.05, 0) is 24.3 Å². The molecule has 1 aromatic carbocycles. The fourth-order valence-electron chi connectivity index (χ4n) is 1.33. The number of carbonyl (C=O) groups excluding carboxylic acids is 1. The number of hydrogen-bond acceptors (Lipinski definition) is 3. The summed E-state index contributed by atoms with van der Waals surface area (Å²) in [6, 6.07) is 7.03. The summed E-state index contributed by atoms with van der Waals surface area (Å²) in [6.45, 7) is 0. The number of nitrogens with one attached hydrogen (secondary N) is 2. The minimum Gasteiger partial charge on any atom is -0.325 e. The van der Waals surface area contributed by atoms with Crippen molar-refractivity contribution in [2.24, 2.45) is 0 Å². The van der Waals surface area contributed by atoms with Gasteiger partial charge in [-0.15, -0.1) is 24.2 Å². The van der Waals surface area contributed by atoms with Gasteiger partial charge in [0.2, 0.25) is 5.91 Å². The van der Waals surface area contributed by atoms with Crippen LogP contribution in [0.1, 0.15) is 0 Å². The summed E-state index contributed by atoms with van der Waals surface area (Å²) in [5.41, 5.74) is 0.781. The summed E-state index contributed by atoms with van der Waals surface area (Å²) < 4.78 is 0. The minimum absolute atomic E-state index is 0. The van der Waals surface area contributed by atoms with Gasteiger partial charge in [-0.2, -0.15) is 0 Å². The Kier molecular flexibility index (Phi) is 5.41. The number of benzene rings is 1. The van der Waals surface area contributed by atoms with E-state index >= 15 is 0 Å². The molecule has 0 spiro atoms. The van der Waals surface area contributed by atoms with Crippen molar-refractivity contribution in [2.75, 3.05) is 16.9 Å². The Morgan fingerprint density at radius 2 is 2.12 bits per heavy atom. The van der Waals surface area contributed by atoms with E-state index in [2.05, 4.69) is 10.6 Å². The number of halogens is 2. The zero-order chi connectivity index (χ0) is 10.7. The maximum absolute atomic E-state index is 11.7. The molecule has 0 unspecified atom stereocenters. The molecule has 6 heteroatoms. The Hall–Kier alpha value is -0.420. The molecular formula is C10H12Cl2N2OS. The van der Waals surface area contributed by atoms with E-state index < -0.39 is 0 Å². The van der Waals surface area contributed by atoms with Crippen LogP contribution in [0.3, 0.4) is 0 Å². The van der Waals surface area contributed by atoms with Crippen LogP contribution in [0.4, 0.5) is 5.69 Å². The molecule has 1 aromatic rings. The monoisotopic (exact) mass is 278 g/mol. The Labute approximate surface area is 110 Å². The van der Waals surface area contributed by atoms with Crippen LogP contribution in [0.15, 0.2) is 24.3 Å². The van der Waals surface area contributed by atoms with Crippen molar-refractivity contribution >= 4 is 47.4 Å². The SMILES string of the molecule is Cl.O=C(Nc1ccc(Cl)cc1)[C@H]1CSCN1. The van der Waals surface area contributed by atoms with E-state index in [4.69, 9.17) is 11.6 Å². The predicted octanol–water partition coefficient (Wildman–Crippen LogP) is 2.36. The van der Waals surface area contributed by atoms with E-state index in [1.54, 1.807) is 36.0 Å². The lowest BCUT2D eigenvalue weighted by atomic mass is 10.3. The Morgan fingerprint density at radius 1 is 1.44 bits per heavy atom. The number of thioether (sulfide) groups is 1. The van der Waals surface area contributed by atoms with Crippen molar-refractivity contribution in [3.05, 3.63) is 29.3 Å². The zero-order valence-corrected chi connectivity index (χ0v) is 10.8. The topological polar surface area (TPSA) is 41.1 Å². The average Bonchev–Trinajstić information content (AvgIpc) is 2.74. The molecule has 0 aromatic heterocycles. The molecule has 2 N–H and O–H groups in total. The second-order valence-corrected chi connectivity index (χ2v) is 4.73. The molecule has 1 aliphatic rings. The summed E-state index contributed by atoms with van der Waals surface area (Å²) in [5.74, 6) is 1.69. The van der Waals surface area contributed by atoms with Gasteiger partial charge >= 0.3 is 0 Å². The van der Waals surface area contributed by atoms with Crippen LogP contribution in [0.25, 0.3) is 0 Å². The standard InChI is InChI=1S/C10H11ClN2OS.ClH/c11-7-1-3-8(4-2-7)13-10(14)9-5-15-6-12-9;/h1-4,9,12H,5-6H2,(H,13,14);1H/t9-;/m1./s1. The average molecular weight is 279 g/mol. The molecule has 3 nitrogen and oxygen atoms in total. The van der Waals surface area contributed by atoms with Gasteiger partial charge in [0.25, 0.3) is 0 Å². The molecule has 1 amide bonds. The van der Waals surface area contributed by atoms with Gasteiger partial charge in [0.05, 0.1) is 6.04 Å². The fourth-order valence-corrected chi connectivity index (χ4v) is 2.39. The Morgan fingerprint density at radius 3 is 2.69 bits per heavy atom. The third-order valence-corrected chi connectivity index (χ3v) is 3.34. The minimum atomic E-state index is -0.0781. The van der Waals surface area contributed by atoms with Crippen LogP contribution in [-0.2, 0) is 4.79 Å². The Balaban J connectivity index is 0.00000128. The molecular weight excluding hydrogens is 267 g/mol. The smallest absolute Gasteiger partial charge is 0.242 e. The number of amides is 1. The van der Waals surface area contributed by atoms with Crippen molar-refractivity contribution in [1.29, 1.82) is 0 Å². The zero-order valence-electron chi connectivity index (χ0n) is 8.40. The van der Waals surface area contributed by atoms with Crippen molar-refractivity contribution in [2.45, 2.75) is 6.04 Å². The van der Waals surface area contributed by atoms with Gasteiger partial charge in [0.1, 0.15) is 0 Å². The fraction of sp³-hybridized carbons (Fsp3) is 0.300. The highest BCUT2D eigenvalue weighted by molar-refractivity contribution is 7.99. The van der Waals surface area contributed by atoms with E-state index in [0.29, 0.717) is 5.02 Å². The first kappa shape index (κ1) is 13.6. The van der Waals surface area contributed by atoms with Gasteiger partial charge in [0, 0.05) is 22.3 Å². The lowest BCUT2D eigenvalue weighted by molar-refractivity contribution is -0.117. The van der Waals surface area contributed by atoms with Gasteiger partial charge in [-0.25, -0.2) is 0 Å². The third-order valence-electron chi connectivity index (χ3n) is 2.14. The Bertz CT molecular complexity index is 352. The highest BCUT2D eigenvalue weighted by Gasteiger charge is 2.22. The molecule has 1 aliphatic heterocycles. The van der Waals surface area contributed by atoms with Crippen molar-refractivity contribution < 1.29 is 4.79 Å². The lowest BCUT2D eigenvalue weighted by Gasteiger charge is -2.10. The summed E-state index contributed by atoms with van der Waals surface area (Å²) in [7, 11) is 0. The highest BCUT2D eigenvalue weighted by Crippen LogP contribution is 2.15. The molecule has 1 heterocycles. The first-order chi connectivity index (χ1) is 7.25. The van der Waals surface area contributed by atoms with E-state index in [9.17, 15) is 4.79 Å². The number of rotatable bonds is 2.